The average molecular weight is 403 g/mol. The maximum Gasteiger partial charge on any atom is 0.199 e. The lowest BCUT2D eigenvalue weighted by Gasteiger charge is -2.31. The Hall–Kier alpha value is -1.02. The van der Waals surface area contributed by atoms with Crippen LogP contribution >= 0.6 is 0 Å². The molecular formula is C27H46O2. The fraction of sp³-hybridized carbons (Fsp3) is 0.778. The SMILES string of the molecule is CCC(OCC1CCC(C)CC1)Oc1ccc(C(CC(C)(C)C)C(C)CC)cc1. The van der Waals surface area contributed by atoms with Gasteiger partial charge in [-0.2, -0.15) is 0 Å². The second-order valence-electron chi connectivity index (χ2n) is 10.7. The van der Waals surface area contributed by atoms with E-state index < -0.39 is 0 Å². The highest BCUT2D eigenvalue weighted by Gasteiger charge is 2.25. The van der Waals surface area contributed by atoms with Crippen LogP contribution in [0.5, 0.6) is 5.75 Å². The average Bonchev–Trinajstić information content (AvgIpc) is 2.70. The molecule has 0 radical (unpaired) electrons. The second kappa shape index (κ2) is 11.4. The summed E-state index contributed by atoms with van der Waals surface area (Å²) in [6, 6.07) is 8.82. The van der Waals surface area contributed by atoms with Gasteiger partial charge in [0, 0.05) is 6.42 Å². The summed E-state index contributed by atoms with van der Waals surface area (Å²) in [5, 5.41) is 0. The summed E-state index contributed by atoms with van der Waals surface area (Å²) >= 11 is 0. The molecule has 1 aliphatic rings. The Labute approximate surface area is 180 Å². The van der Waals surface area contributed by atoms with Crippen molar-refractivity contribution in [3.63, 3.8) is 0 Å². The van der Waals surface area contributed by atoms with Gasteiger partial charge in [-0.3, -0.25) is 0 Å². The third-order valence-corrected chi connectivity index (χ3v) is 6.73. The standard InChI is InChI=1S/C27H46O2/c1-8-21(4)25(18-27(5,6)7)23-14-16-24(17-15-23)29-26(9-2)28-19-22-12-10-20(3)11-13-22/h14-17,20-22,25-26H,8-13,18-19H2,1-7H3. The number of benzene rings is 1. The number of ether oxygens (including phenoxy) is 2. The summed E-state index contributed by atoms with van der Waals surface area (Å²) in [7, 11) is 0. The molecule has 1 fully saturated rings. The topological polar surface area (TPSA) is 18.5 Å². The van der Waals surface area contributed by atoms with Gasteiger partial charge < -0.3 is 9.47 Å². The van der Waals surface area contributed by atoms with E-state index in [0.717, 1.165) is 24.7 Å². The lowest BCUT2D eigenvalue weighted by atomic mass is 9.75. The van der Waals surface area contributed by atoms with E-state index in [4.69, 9.17) is 9.47 Å². The highest BCUT2D eigenvalue weighted by atomic mass is 16.7. The molecule has 29 heavy (non-hydrogen) atoms. The molecule has 3 unspecified atom stereocenters. The van der Waals surface area contributed by atoms with Crippen LogP contribution in [0.25, 0.3) is 0 Å². The molecule has 1 saturated carbocycles. The smallest absolute Gasteiger partial charge is 0.199 e. The summed E-state index contributed by atoms with van der Waals surface area (Å²) in [5.74, 6) is 3.81. The van der Waals surface area contributed by atoms with E-state index in [-0.39, 0.29) is 6.29 Å². The molecule has 0 N–H and O–H groups in total. The van der Waals surface area contributed by atoms with Crippen molar-refractivity contribution in [1.82, 2.24) is 0 Å². The first-order valence-corrected chi connectivity index (χ1v) is 12.1. The lowest BCUT2D eigenvalue weighted by Crippen LogP contribution is -2.25. The van der Waals surface area contributed by atoms with Crippen LogP contribution in [0.3, 0.4) is 0 Å². The zero-order chi connectivity index (χ0) is 21.4. The first kappa shape index (κ1) is 24.3. The Kier molecular flexibility index (Phi) is 9.53. The molecule has 166 valence electrons. The van der Waals surface area contributed by atoms with E-state index >= 15 is 0 Å². The van der Waals surface area contributed by atoms with Crippen molar-refractivity contribution >= 4 is 0 Å². The highest BCUT2D eigenvalue weighted by Crippen LogP contribution is 2.38. The van der Waals surface area contributed by atoms with Crippen molar-refractivity contribution in [2.75, 3.05) is 6.61 Å². The van der Waals surface area contributed by atoms with Gasteiger partial charge in [-0.1, -0.05) is 79.9 Å². The first-order valence-electron chi connectivity index (χ1n) is 12.1. The second-order valence-corrected chi connectivity index (χ2v) is 10.7. The highest BCUT2D eigenvalue weighted by molar-refractivity contribution is 5.30. The van der Waals surface area contributed by atoms with Crippen LogP contribution in [0.2, 0.25) is 0 Å². The molecule has 0 bridgehead atoms. The van der Waals surface area contributed by atoms with Gasteiger partial charge in [-0.05, 0) is 66.0 Å². The minimum absolute atomic E-state index is 0.139. The van der Waals surface area contributed by atoms with Gasteiger partial charge in [-0.25, -0.2) is 0 Å². The van der Waals surface area contributed by atoms with Crippen molar-refractivity contribution in [3.05, 3.63) is 29.8 Å². The van der Waals surface area contributed by atoms with Crippen molar-refractivity contribution in [1.29, 1.82) is 0 Å². The fourth-order valence-corrected chi connectivity index (χ4v) is 4.51. The molecule has 1 aromatic carbocycles. The first-order chi connectivity index (χ1) is 13.7. The van der Waals surface area contributed by atoms with E-state index in [9.17, 15) is 0 Å². The molecule has 0 aromatic heterocycles. The summed E-state index contributed by atoms with van der Waals surface area (Å²) < 4.78 is 12.3. The van der Waals surface area contributed by atoms with Crippen LogP contribution in [0.4, 0.5) is 0 Å². The Balaban J connectivity index is 1.93. The maximum absolute atomic E-state index is 6.18. The third-order valence-electron chi connectivity index (χ3n) is 6.73. The van der Waals surface area contributed by atoms with E-state index in [1.807, 2.05) is 0 Å². The minimum Gasteiger partial charge on any atom is -0.465 e. The summed E-state index contributed by atoms with van der Waals surface area (Å²) in [6.45, 7) is 17.1. The van der Waals surface area contributed by atoms with Gasteiger partial charge in [0.25, 0.3) is 0 Å². The predicted octanol–water partition coefficient (Wildman–Crippen LogP) is 8.21. The van der Waals surface area contributed by atoms with E-state index in [2.05, 4.69) is 72.7 Å². The molecule has 1 aliphatic carbocycles. The van der Waals surface area contributed by atoms with Gasteiger partial charge in [0.2, 0.25) is 0 Å². The normalized spacial score (nSPS) is 23.4. The fourth-order valence-electron chi connectivity index (χ4n) is 4.51. The predicted molar refractivity (Wildman–Crippen MR) is 124 cm³/mol. The molecular weight excluding hydrogens is 356 g/mol. The van der Waals surface area contributed by atoms with E-state index in [1.165, 1.54) is 44.1 Å². The van der Waals surface area contributed by atoms with Gasteiger partial charge in [0.1, 0.15) is 5.75 Å². The van der Waals surface area contributed by atoms with Crippen molar-refractivity contribution in [2.24, 2.45) is 23.2 Å². The summed E-state index contributed by atoms with van der Waals surface area (Å²) in [5.41, 5.74) is 1.77. The molecule has 0 spiro atoms. The molecule has 2 nitrogen and oxygen atoms in total. The Morgan fingerprint density at radius 2 is 1.59 bits per heavy atom. The zero-order valence-corrected chi connectivity index (χ0v) is 20.2. The lowest BCUT2D eigenvalue weighted by molar-refractivity contribution is -0.0966. The summed E-state index contributed by atoms with van der Waals surface area (Å²) in [6.07, 6.45) is 8.46. The van der Waals surface area contributed by atoms with Gasteiger partial charge in [0.15, 0.2) is 6.29 Å². The Morgan fingerprint density at radius 3 is 2.10 bits per heavy atom. The Bertz CT molecular complexity index is 563. The van der Waals surface area contributed by atoms with Crippen LogP contribution in [-0.4, -0.2) is 12.9 Å². The van der Waals surface area contributed by atoms with Gasteiger partial charge in [0.05, 0.1) is 6.61 Å². The molecule has 0 amide bonds. The van der Waals surface area contributed by atoms with Gasteiger partial charge in [-0.15, -0.1) is 0 Å². The minimum atomic E-state index is -0.139. The number of hydrogen-bond acceptors (Lipinski definition) is 2. The van der Waals surface area contributed by atoms with Crippen LogP contribution in [0, 0.1) is 23.2 Å². The third kappa shape index (κ3) is 8.32. The van der Waals surface area contributed by atoms with Crippen molar-refractivity contribution in [3.8, 4) is 5.75 Å². The monoisotopic (exact) mass is 402 g/mol. The zero-order valence-electron chi connectivity index (χ0n) is 20.2. The van der Waals surface area contributed by atoms with E-state index in [0.29, 0.717) is 23.2 Å². The molecule has 0 aliphatic heterocycles. The molecule has 0 saturated heterocycles. The largest absolute Gasteiger partial charge is 0.465 e. The van der Waals surface area contributed by atoms with Gasteiger partial charge >= 0.3 is 0 Å². The molecule has 3 atom stereocenters. The molecule has 0 heterocycles. The van der Waals surface area contributed by atoms with E-state index in [1.54, 1.807) is 0 Å². The van der Waals surface area contributed by atoms with Crippen LogP contribution in [0.1, 0.15) is 105 Å². The molecule has 2 rings (SSSR count). The number of hydrogen-bond donors (Lipinski definition) is 0. The Morgan fingerprint density at radius 1 is 0.966 bits per heavy atom. The van der Waals surface area contributed by atoms with Crippen LogP contribution < -0.4 is 4.74 Å². The van der Waals surface area contributed by atoms with Crippen LogP contribution in [-0.2, 0) is 4.74 Å². The van der Waals surface area contributed by atoms with Crippen LogP contribution in [0.15, 0.2) is 24.3 Å². The van der Waals surface area contributed by atoms with Crippen molar-refractivity contribution < 1.29 is 9.47 Å². The molecule has 1 aromatic rings. The summed E-state index contributed by atoms with van der Waals surface area (Å²) in [4.78, 5) is 0. The van der Waals surface area contributed by atoms with Crippen molar-refractivity contribution in [2.45, 2.75) is 106 Å². The number of rotatable bonds is 10. The molecule has 2 heteroatoms. The quantitative estimate of drug-likeness (QED) is 0.367. The maximum atomic E-state index is 6.18.